The zero-order chi connectivity index (χ0) is 14.9. The lowest BCUT2D eigenvalue weighted by Crippen LogP contribution is -2.02. The molecule has 1 unspecified atom stereocenters. The first kappa shape index (κ1) is 15.4. The van der Waals surface area contributed by atoms with Crippen LogP contribution in [0.1, 0.15) is 16.0 Å². The average Bonchev–Trinajstić information content (AvgIpc) is 2.37. The second kappa shape index (κ2) is 6.18. The van der Waals surface area contributed by atoms with Gasteiger partial charge in [-0.15, -0.1) is 0 Å². The SMILES string of the molecule is COc1ccc(C(Br)c2c(F)cc(Br)cc2F)cc1F. The van der Waals surface area contributed by atoms with Gasteiger partial charge in [0.2, 0.25) is 0 Å². The number of alkyl halides is 1. The second-order valence-corrected chi connectivity index (χ2v) is 5.87. The van der Waals surface area contributed by atoms with Crippen molar-refractivity contribution in [2.45, 2.75) is 4.83 Å². The Kier molecular flexibility index (Phi) is 4.75. The van der Waals surface area contributed by atoms with Gasteiger partial charge in [-0.3, -0.25) is 0 Å². The molecule has 6 heteroatoms. The number of benzene rings is 2. The van der Waals surface area contributed by atoms with Crippen LogP contribution in [0.3, 0.4) is 0 Å². The van der Waals surface area contributed by atoms with Gasteiger partial charge in [-0.05, 0) is 29.8 Å². The molecule has 1 atom stereocenters. The molecule has 0 fully saturated rings. The van der Waals surface area contributed by atoms with Crippen molar-refractivity contribution < 1.29 is 17.9 Å². The number of methoxy groups -OCH3 is 1. The highest BCUT2D eigenvalue weighted by Crippen LogP contribution is 2.36. The van der Waals surface area contributed by atoms with Crippen LogP contribution in [0.2, 0.25) is 0 Å². The van der Waals surface area contributed by atoms with E-state index in [4.69, 9.17) is 4.74 Å². The zero-order valence-electron chi connectivity index (χ0n) is 10.3. The third kappa shape index (κ3) is 3.01. The van der Waals surface area contributed by atoms with Gasteiger partial charge < -0.3 is 4.74 Å². The van der Waals surface area contributed by atoms with E-state index in [9.17, 15) is 13.2 Å². The highest BCUT2D eigenvalue weighted by molar-refractivity contribution is 9.10. The van der Waals surface area contributed by atoms with E-state index in [0.717, 1.165) is 12.1 Å². The summed E-state index contributed by atoms with van der Waals surface area (Å²) in [6.45, 7) is 0. The standard InChI is InChI=1S/C14H9Br2F3O/c1-20-12-3-2-7(4-9(12)17)14(16)13-10(18)5-8(15)6-11(13)19/h2-6,14H,1H3. The lowest BCUT2D eigenvalue weighted by atomic mass is 10.0. The maximum atomic E-state index is 13.9. The number of hydrogen-bond donors (Lipinski definition) is 0. The van der Waals surface area contributed by atoms with Crippen molar-refractivity contribution in [1.29, 1.82) is 0 Å². The van der Waals surface area contributed by atoms with Crippen LogP contribution >= 0.6 is 31.9 Å². The summed E-state index contributed by atoms with van der Waals surface area (Å²) in [5.41, 5.74) is 0.223. The molecule has 0 bridgehead atoms. The first-order valence-electron chi connectivity index (χ1n) is 5.56. The molecule has 1 nitrogen and oxygen atoms in total. The van der Waals surface area contributed by atoms with E-state index in [1.54, 1.807) is 6.07 Å². The first-order valence-corrected chi connectivity index (χ1v) is 7.27. The Balaban J connectivity index is 2.46. The lowest BCUT2D eigenvalue weighted by Gasteiger charge is -2.14. The van der Waals surface area contributed by atoms with E-state index >= 15 is 0 Å². The van der Waals surface area contributed by atoms with Crippen LogP contribution in [-0.2, 0) is 0 Å². The summed E-state index contributed by atoms with van der Waals surface area (Å²) in [6, 6.07) is 6.45. The topological polar surface area (TPSA) is 9.23 Å². The van der Waals surface area contributed by atoms with E-state index in [1.165, 1.54) is 19.2 Å². The summed E-state index contributed by atoms with van der Waals surface area (Å²) in [6.07, 6.45) is 0. The van der Waals surface area contributed by atoms with Crippen molar-refractivity contribution >= 4 is 31.9 Å². The summed E-state index contributed by atoms with van der Waals surface area (Å²) in [7, 11) is 1.35. The van der Waals surface area contributed by atoms with Gasteiger partial charge in [0, 0.05) is 10.0 Å². The van der Waals surface area contributed by atoms with Gasteiger partial charge in [-0.1, -0.05) is 37.9 Å². The zero-order valence-corrected chi connectivity index (χ0v) is 13.4. The molecule has 0 saturated heterocycles. The summed E-state index contributed by atoms with van der Waals surface area (Å²) < 4.78 is 46.5. The number of ether oxygens (including phenoxy) is 1. The third-order valence-electron chi connectivity index (χ3n) is 2.77. The Morgan fingerprint density at radius 2 is 1.60 bits per heavy atom. The van der Waals surface area contributed by atoms with Gasteiger partial charge in [0.25, 0.3) is 0 Å². The molecule has 2 aromatic rings. The molecule has 0 aliphatic carbocycles. The number of rotatable bonds is 3. The van der Waals surface area contributed by atoms with E-state index in [0.29, 0.717) is 10.0 Å². The minimum atomic E-state index is -0.795. The molecule has 0 radical (unpaired) electrons. The van der Waals surface area contributed by atoms with Crippen LogP contribution in [0.4, 0.5) is 13.2 Å². The maximum Gasteiger partial charge on any atom is 0.165 e. The van der Waals surface area contributed by atoms with Gasteiger partial charge in [-0.25, -0.2) is 13.2 Å². The fourth-order valence-electron chi connectivity index (χ4n) is 1.80. The van der Waals surface area contributed by atoms with Crippen molar-refractivity contribution in [3.8, 4) is 5.75 Å². The van der Waals surface area contributed by atoms with Crippen LogP contribution in [0.25, 0.3) is 0 Å². The molecule has 0 aliphatic heterocycles. The molecule has 0 aliphatic rings. The molecule has 2 aromatic carbocycles. The molecule has 2 rings (SSSR count). The maximum absolute atomic E-state index is 13.9. The highest BCUT2D eigenvalue weighted by atomic mass is 79.9. The van der Waals surface area contributed by atoms with Gasteiger partial charge in [0.05, 0.1) is 11.9 Å². The largest absolute Gasteiger partial charge is 0.494 e. The van der Waals surface area contributed by atoms with Crippen LogP contribution < -0.4 is 4.74 Å². The fraction of sp³-hybridized carbons (Fsp3) is 0.143. The Bertz CT molecular complexity index is 623. The molecule has 0 amide bonds. The van der Waals surface area contributed by atoms with Crippen LogP contribution in [0.15, 0.2) is 34.8 Å². The minimum Gasteiger partial charge on any atom is -0.494 e. The quantitative estimate of drug-likeness (QED) is 0.620. The van der Waals surface area contributed by atoms with Crippen molar-refractivity contribution in [3.63, 3.8) is 0 Å². The van der Waals surface area contributed by atoms with Gasteiger partial charge in [0.1, 0.15) is 11.6 Å². The molecule has 0 spiro atoms. The molecule has 20 heavy (non-hydrogen) atoms. The summed E-state index contributed by atoms with van der Waals surface area (Å²) in [5.74, 6) is -1.94. The molecule has 0 N–H and O–H groups in total. The molecule has 0 heterocycles. The van der Waals surface area contributed by atoms with E-state index in [-0.39, 0.29) is 11.3 Å². The Labute approximate surface area is 131 Å². The first-order chi connectivity index (χ1) is 9.43. The normalized spacial score (nSPS) is 12.3. The summed E-state index contributed by atoms with van der Waals surface area (Å²) in [5, 5.41) is 0. The van der Waals surface area contributed by atoms with Crippen LogP contribution in [-0.4, -0.2) is 7.11 Å². The van der Waals surface area contributed by atoms with Crippen molar-refractivity contribution in [2.75, 3.05) is 7.11 Å². The lowest BCUT2D eigenvalue weighted by molar-refractivity contribution is 0.386. The van der Waals surface area contributed by atoms with Crippen LogP contribution in [0, 0.1) is 17.5 Å². The second-order valence-electron chi connectivity index (χ2n) is 4.04. The fourth-order valence-corrected chi connectivity index (χ4v) is 2.93. The molecular formula is C14H9Br2F3O. The predicted molar refractivity (Wildman–Crippen MR) is 77.8 cm³/mol. The van der Waals surface area contributed by atoms with Crippen molar-refractivity contribution in [3.05, 3.63) is 63.4 Å². The van der Waals surface area contributed by atoms with E-state index in [1.807, 2.05) is 0 Å². The van der Waals surface area contributed by atoms with E-state index < -0.39 is 22.3 Å². The highest BCUT2D eigenvalue weighted by Gasteiger charge is 2.21. The van der Waals surface area contributed by atoms with Gasteiger partial charge in [-0.2, -0.15) is 0 Å². The molecule has 0 saturated carbocycles. The number of hydrogen-bond acceptors (Lipinski definition) is 1. The summed E-state index contributed by atoms with van der Waals surface area (Å²) >= 11 is 6.21. The smallest absolute Gasteiger partial charge is 0.165 e. The molecule has 106 valence electrons. The predicted octanol–water partition coefficient (Wildman–Crippen LogP) is 5.36. The Hall–Kier alpha value is -1.01. The minimum absolute atomic E-state index is 0.0743. The third-order valence-corrected chi connectivity index (χ3v) is 4.21. The van der Waals surface area contributed by atoms with E-state index in [2.05, 4.69) is 31.9 Å². The average molecular weight is 410 g/mol. The van der Waals surface area contributed by atoms with Gasteiger partial charge in [0.15, 0.2) is 11.6 Å². The Morgan fingerprint density at radius 1 is 1.00 bits per heavy atom. The van der Waals surface area contributed by atoms with Crippen molar-refractivity contribution in [2.24, 2.45) is 0 Å². The Morgan fingerprint density at radius 3 is 2.10 bits per heavy atom. The summed E-state index contributed by atoms with van der Waals surface area (Å²) in [4.78, 5) is -0.795. The molecular weight excluding hydrogens is 401 g/mol. The number of halogens is 5. The van der Waals surface area contributed by atoms with Gasteiger partial charge >= 0.3 is 0 Å². The van der Waals surface area contributed by atoms with Crippen LogP contribution in [0.5, 0.6) is 5.75 Å². The molecule has 0 aromatic heterocycles. The van der Waals surface area contributed by atoms with Crippen molar-refractivity contribution in [1.82, 2.24) is 0 Å². The monoisotopic (exact) mass is 408 g/mol.